The van der Waals surface area contributed by atoms with E-state index in [9.17, 15) is 9.59 Å². The third kappa shape index (κ3) is 4.28. The van der Waals surface area contributed by atoms with E-state index in [4.69, 9.17) is 0 Å². The number of hydrogen-bond donors (Lipinski definition) is 0. The van der Waals surface area contributed by atoms with Crippen molar-refractivity contribution in [2.24, 2.45) is 5.92 Å². The maximum absolute atomic E-state index is 13.1. The Morgan fingerprint density at radius 3 is 2.50 bits per heavy atom. The van der Waals surface area contributed by atoms with E-state index < -0.39 is 0 Å². The average molecular weight is 351 g/mol. The fraction of sp³-hybridized carbons (Fsp3) is 0.381. The van der Waals surface area contributed by atoms with Crippen LogP contribution in [0.4, 0.5) is 0 Å². The lowest BCUT2D eigenvalue weighted by Crippen LogP contribution is -2.41. The molecule has 26 heavy (non-hydrogen) atoms. The first-order valence-electron chi connectivity index (χ1n) is 9.05. The van der Waals surface area contributed by atoms with Crippen molar-refractivity contribution in [1.82, 2.24) is 14.8 Å². The molecule has 1 aromatic heterocycles. The summed E-state index contributed by atoms with van der Waals surface area (Å²) in [6.07, 6.45) is 3.74. The Kier molecular flexibility index (Phi) is 5.66. The highest BCUT2D eigenvalue weighted by molar-refractivity contribution is 5.89. The van der Waals surface area contributed by atoms with Gasteiger partial charge in [-0.05, 0) is 37.1 Å². The Labute approximate surface area is 154 Å². The van der Waals surface area contributed by atoms with Gasteiger partial charge in [0.25, 0.3) is 0 Å². The van der Waals surface area contributed by atoms with Crippen LogP contribution in [0.25, 0.3) is 0 Å². The second-order valence-electron chi connectivity index (χ2n) is 7.08. The van der Waals surface area contributed by atoms with Crippen LogP contribution in [0.1, 0.15) is 31.4 Å². The summed E-state index contributed by atoms with van der Waals surface area (Å²) >= 11 is 0. The first-order valence-corrected chi connectivity index (χ1v) is 9.05. The van der Waals surface area contributed by atoms with E-state index in [2.05, 4.69) is 4.98 Å². The van der Waals surface area contributed by atoms with Crippen LogP contribution < -0.4 is 0 Å². The lowest BCUT2D eigenvalue weighted by Gasteiger charge is -2.29. The van der Waals surface area contributed by atoms with Gasteiger partial charge in [0.05, 0.1) is 5.92 Å². The summed E-state index contributed by atoms with van der Waals surface area (Å²) in [6, 6.07) is 13.9. The fourth-order valence-electron chi connectivity index (χ4n) is 3.33. The highest BCUT2D eigenvalue weighted by Gasteiger charge is 2.37. The minimum absolute atomic E-state index is 0.0450. The van der Waals surface area contributed by atoms with Crippen LogP contribution in [0.3, 0.4) is 0 Å². The van der Waals surface area contributed by atoms with E-state index in [1.165, 1.54) is 0 Å². The summed E-state index contributed by atoms with van der Waals surface area (Å²) in [5, 5.41) is 0. The molecular formula is C21H25N3O2. The van der Waals surface area contributed by atoms with Crippen LogP contribution in [0.2, 0.25) is 0 Å². The molecule has 2 heterocycles. The molecule has 1 aromatic carbocycles. The van der Waals surface area contributed by atoms with Gasteiger partial charge in [-0.2, -0.15) is 0 Å². The Hall–Kier alpha value is -2.69. The smallest absolute Gasteiger partial charge is 0.228 e. The van der Waals surface area contributed by atoms with E-state index >= 15 is 0 Å². The fourth-order valence-corrected chi connectivity index (χ4v) is 3.33. The summed E-state index contributed by atoms with van der Waals surface area (Å²) in [4.78, 5) is 33.1. The van der Waals surface area contributed by atoms with Gasteiger partial charge in [0.2, 0.25) is 11.8 Å². The zero-order chi connectivity index (χ0) is 18.5. The lowest BCUT2D eigenvalue weighted by atomic mass is 10.1. The number of benzene rings is 1. The zero-order valence-electron chi connectivity index (χ0n) is 15.3. The second-order valence-corrected chi connectivity index (χ2v) is 7.08. The lowest BCUT2D eigenvalue weighted by molar-refractivity contribution is -0.138. The van der Waals surface area contributed by atoms with Crippen LogP contribution in [0.15, 0.2) is 54.9 Å². The van der Waals surface area contributed by atoms with Crippen molar-refractivity contribution in [3.05, 3.63) is 66.0 Å². The Morgan fingerprint density at radius 2 is 1.85 bits per heavy atom. The number of rotatable bonds is 6. The molecule has 3 rings (SSSR count). The molecule has 0 N–H and O–H groups in total. The Bertz CT molecular complexity index is 746. The number of amides is 2. The molecule has 5 nitrogen and oxygen atoms in total. The van der Waals surface area contributed by atoms with Crippen molar-refractivity contribution in [2.75, 3.05) is 6.54 Å². The first kappa shape index (κ1) is 18.1. The van der Waals surface area contributed by atoms with Crippen LogP contribution in [-0.4, -0.2) is 39.2 Å². The van der Waals surface area contributed by atoms with Gasteiger partial charge < -0.3 is 9.80 Å². The largest absolute Gasteiger partial charge is 0.338 e. The number of aromatic nitrogens is 1. The van der Waals surface area contributed by atoms with Gasteiger partial charge in [-0.3, -0.25) is 14.6 Å². The molecule has 0 saturated carbocycles. The summed E-state index contributed by atoms with van der Waals surface area (Å²) in [5.74, 6) is -0.159. The molecule has 1 fully saturated rings. The molecule has 0 spiro atoms. The SMILES string of the molecule is CC(C)N(Cc1ccccc1)C(=O)C1CC(=O)N(Cc2ccncc2)C1. The number of likely N-dealkylation sites (tertiary alicyclic amines) is 1. The molecule has 1 saturated heterocycles. The summed E-state index contributed by atoms with van der Waals surface area (Å²) < 4.78 is 0. The first-order chi connectivity index (χ1) is 12.5. The number of nitrogens with zero attached hydrogens (tertiary/aromatic N) is 3. The molecule has 2 amide bonds. The van der Waals surface area contributed by atoms with Crippen molar-refractivity contribution < 1.29 is 9.59 Å². The predicted molar refractivity (Wildman–Crippen MR) is 99.9 cm³/mol. The summed E-state index contributed by atoms with van der Waals surface area (Å²) in [5.41, 5.74) is 2.14. The second kappa shape index (κ2) is 8.13. The minimum Gasteiger partial charge on any atom is -0.338 e. The van der Waals surface area contributed by atoms with E-state index in [-0.39, 0.29) is 23.8 Å². The molecule has 1 unspecified atom stereocenters. The topological polar surface area (TPSA) is 53.5 Å². The number of hydrogen-bond acceptors (Lipinski definition) is 3. The van der Waals surface area contributed by atoms with Crippen molar-refractivity contribution >= 4 is 11.8 Å². The van der Waals surface area contributed by atoms with Gasteiger partial charge >= 0.3 is 0 Å². The van der Waals surface area contributed by atoms with Gasteiger partial charge in [0.1, 0.15) is 0 Å². The standard InChI is InChI=1S/C21H25N3O2/c1-16(2)24(14-17-6-4-3-5-7-17)21(26)19-12-20(25)23(15-19)13-18-8-10-22-11-9-18/h3-11,16,19H,12-15H2,1-2H3. The van der Waals surface area contributed by atoms with Crippen LogP contribution >= 0.6 is 0 Å². The van der Waals surface area contributed by atoms with Gasteiger partial charge in [-0.15, -0.1) is 0 Å². The van der Waals surface area contributed by atoms with E-state index in [0.29, 0.717) is 26.1 Å². The molecular weight excluding hydrogens is 326 g/mol. The highest BCUT2D eigenvalue weighted by atomic mass is 16.2. The average Bonchev–Trinajstić information content (AvgIpc) is 3.01. The molecule has 5 heteroatoms. The zero-order valence-corrected chi connectivity index (χ0v) is 15.3. The molecule has 1 atom stereocenters. The number of carbonyl (C=O) groups excluding carboxylic acids is 2. The molecule has 0 bridgehead atoms. The Morgan fingerprint density at radius 1 is 1.15 bits per heavy atom. The highest BCUT2D eigenvalue weighted by Crippen LogP contribution is 2.24. The third-order valence-corrected chi connectivity index (χ3v) is 4.79. The van der Waals surface area contributed by atoms with Crippen molar-refractivity contribution in [2.45, 2.75) is 39.4 Å². The van der Waals surface area contributed by atoms with Crippen LogP contribution in [0.5, 0.6) is 0 Å². The predicted octanol–water partition coefficient (Wildman–Crippen LogP) is 2.87. The summed E-state index contributed by atoms with van der Waals surface area (Å²) in [7, 11) is 0. The van der Waals surface area contributed by atoms with Gasteiger partial charge in [0, 0.05) is 44.5 Å². The van der Waals surface area contributed by atoms with Crippen molar-refractivity contribution in [3.8, 4) is 0 Å². The summed E-state index contributed by atoms with van der Waals surface area (Å²) in [6.45, 7) is 5.63. The maximum atomic E-state index is 13.1. The molecule has 1 aliphatic heterocycles. The van der Waals surface area contributed by atoms with Crippen molar-refractivity contribution in [1.29, 1.82) is 0 Å². The van der Waals surface area contributed by atoms with Gasteiger partial charge in [0.15, 0.2) is 0 Å². The van der Waals surface area contributed by atoms with E-state index in [1.807, 2.05) is 61.2 Å². The molecule has 0 aliphatic carbocycles. The maximum Gasteiger partial charge on any atom is 0.228 e. The minimum atomic E-state index is -0.268. The van der Waals surface area contributed by atoms with Gasteiger partial charge in [-0.25, -0.2) is 0 Å². The Balaban J connectivity index is 1.67. The number of pyridine rings is 1. The molecule has 2 aromatic rings. The molecule has 136 valence electrons. The normalized spacial score (nSPS) is 17.0. The monoisotopic (exact) mass is 351 g/mol. The number of carbonyl (C=O) groups is 2. The molecule has 1 aliphatic rings. The van der Waals surface area contributed by atoms with E-state index in [0.717, 1.165) is 11.1 Å². The van der Waals surface area contributed by atoms with E-state index in [1.54, 1.807) is 17.3 Å². The third-order valence-electron chi connectivity index (χ3n) is 4.79. The van der Waals surface area contributed by atoms with Crippen LogP contribution in [0, 0.1) is 5.92 Å². The van der Waals surface area contributed by atoms with Crippen LogP contribution in [-0.2, 0) is 22.7 Å². The molecule has 0 radical (unpaired) electrons. The van der Waals surface area contributed by atoms with Crippen molar-refractivity contribution in [3.63, 3.8) is 0 Å². The van der Waals surface area contributed by atoms with Gasteiger partial charge in [-0.1, -0.05) is 30.3 Å². The quantitative estimate of drug-likeness (QED) is 0.804.